The highest BCUT2D eigenvalue weighted by Crippen LogP contribution is 2.26. The number of aromatic nitrogens is 4. The standard InChI is InChI=1S/C18H19FN6O/c1-24-7-6-16(23-24)18(26)22-13-4-8-25(9-5-13)17-14-10-12(19)2-3-15(14)20-11-21-17/h2-3,6-7,10-11,13H,4-5,8-9H2,1H3,(H,22,26). The van der Waals surface area contributed by atoms with Gasteiger partial charge in [0.2, 0.25) is 0 Å². The van der Waals surface area contributed by atoms with Crippen LogP contribution in [0.4, 0.5) is 10.2 Å². The summed E-state index contributed by atoms with van der Waals surface area (Å²) in [6.07, 6.45) is 4.83. The first-order chi connectivity index (χ1) is 12.6. The van der Waals surface area contributed by atoms with Crippen LogP contribution in [0.25, 0.3) is 10.9 Å². The Kier molecular flexibility index (Phi) is 4.24. The number of piperidine rings is 1. The van der Waals surface area contributed by atoms with Crippen LogP contribution in [0.5, 0.6) is 0 Å². The predicted octanol–water partition coefficient (Wildman–Crippen LogP) is 1.90. The summed E-state index contributed by atoms with van der Waals surface area (Å²) >= 11 is 0. The Morgan fingerprint density at radius 3 is 2.77 bits per heavy atom. The van der Waals surface area contributed by atoms with Gasteiger partial charge in [-0.25, -0.2) is 14.4 Å². The summed E-state index contributed by atoms with van der Waals surface area (Å²) in [6.45, 7) is 1.46. The van der Waals surface area contributed by atoms with Crippen molar-refractivity contribution >= 4 is 22.6 Å². The molecule has 0 saturated carbocycles. The van der Waals surface area contributed by atoms with Crippen molar-refractivity contribution in [3.63, 3.8) is 0 Å². The maximum absolute atomic E-state index is 13.6. The molecule has 0 aliphatic carbocycles. The lowest BCUT2D eigenvalue weighted by atomic mass is 10.0. The van der Waals surface area contributed by atoms with Crippen LogP contribution in [0.15, 0.2) is 36.8 Å². The summed E-state index contributed by atoms with van der Waals surface area (Å²) in [5.41, 5.74) is 1.15. The molecule has 0 atom stereocenters. The van der Waals surface area contributed by atoms with Gasteiger partial charge in [-0.05, 0) is 37.1 Å². The summed E-state index contributed by atoms with van der Waals surface area (Å²) in [5, 5.41) is 7.87. The van der Waals surface area contributed by atoms with Gasteiger partial charge in [0.05, 0.1) is 5.52 Å². The van der Waals surface area contributed by atoms with Crippen LogP contribution in [0.1, 0.15) is 23.3 Å². The quantitative estimate of drug-likeness (QED) is 0.777. The van der Waals surface area contributed by atoms with Gasteiger partial charge in [-0.3, -0.25) is 9.48 Å². The van der Waals surface area contributed by atoms with Crippen molar-refractivity contribution in [3.05, 3.63) is 48.3 Å². The van der Waals surface area contributed by atoms with Crippen LogP contribution in [0.2, 0.25) is 0 Å². The lowest BCUT2D eigenvalue weighted by Gasteiger charge is -2.33. The van der Waals surface area contributed by atoms with E-state index < -0.39 is 0 Å². The van der Waals surface area contributed by atoms with E-state index in [4.69, 9.17) is 0 Å². The average molecular weight is 354 g/mol. The number of amides is 1. The number of fused-ring (bicyclic) bond motifs is 1. The molecule has 1 fully saturated rings. The minimum absolute atomic E-state index is 0.0885. The van der Waals surface area contributed by atoms with Gasteiger partial charge in [0.15, 0.2) is 0 Å². The second-order valence-corrected chi connectivity index (χ2v) is 6.47. The molecule has 1 aromatic carbocycles. The van der Waals surface area contributed by atoms with Gasteiger partial charge in [-0.1, -0.05) is 0 Å². The SMILES string of the molecule is Cn1ccc(C(=O)NC2CCN(c3ncnc4ccc(F)cc34)CC2)n1. The fourth-order valence-electron chi connectivity index (χ4n) is 3.30. The number of anilines is 1. The fraction of sp³-hybridized carbons (Fsp3) is 0.333. The first kappa shape index (κ1) is 16.4. The van der Waals surface area contributed by atoms with Gasteiger partial charge in [-0.15, -0.1) is 0 Å². The van der Waals surface area contributed by atoms with Gasteiger partial charge in [-0.2, -0.15) is 5.10 Å². The summed E-state index contributed by atoms with van der Waals surface area (Å²) in [5.74, 6) is 0.286. The smallest absolute Gasteiger partial charge is 0.271 e. The number of hydrogen-bond donors (Lipinski definition) is 1. The third-order valence-corrected chi connectivity index (χ3v) is 4.65. The Hall–Kier alpha value is -3.03. The Morgan fingerprint density at radius 1 is 1.23 bits per heavy atom. The Balaban J connectivity index is 1.44. The predicted molar refractivity (Wildman–Crippen MR) is 95.4 cm³/mol. The van der Waals surface area contributed by atoms with Crippen molar-refractivity contribution in [1.29, 1.82) is 0 Å². The number of nitrogens with zero attached hydrogens (tertiary/aromatic N) is 5. The van der Waals surface area contributed by atoms with E-state index in [2.05, 4.69) is 25.3 Å². The summed E-state index contributed by atoms with van der Waals surface area (Å²) in [4.78, 5) is 22.9. The van der Waals surface area contributed by atoms with Crippen molar-refractivity contribution in [2.24, 2.45) is 7.05 Å². The number of rotatable bonds is 3. The van der Waals surface area contributed by atoms with Crippen LogP contribution in [0.3, 0.4) is 0 Å². The maximum atomic E-state index is 13.6. The summed E-state index contributed by atoms with van der Waals surface area (Å²) in [6, 6.07) is 6.32. The van der Waals surface area contributed by atoms with E-state index in [1.54, 1.807) is 30.1 Å². The third-order valence-electron chi connectivity index (χ3n) is 4.65. The van der Waals surface area contributed by atoms with Crippen LogP contribution < -0.4 is 10.2 Å². The van der Waals surface area contributed by atoms with Crippen LogP contribution in [0, 0.1) is 5.82 Å². The highest BCUT2D eigenvalue weighted by Gasteiger charge is 2.24. The molecule has 3 heterocycles. The molecule has 26 heavy (non-hydrogen) atoms. The molecule has 0 radical (unpaired) electrons. The molecule has 8 heteroatoms. The Morgan fingerprint density at radius 2 is 2.04 bits per heavy atom. The first-order valence-electron chi connectivity index (χ1n) is 8.56. The van der Waals surface area contributed by atoms with E-state index in [0.717, 1.165) is 37.3 Å². The van der Waals surface area contributed by atoms with E-state index in [1.807, 2.05) is 0 Å². The zero-order valence-corrected chi connectivity index (χ0v) is 14.4. The molecule has 4 rings (SSSR count). The molecule has 0 unspecified atom stereocenters. The number of nitrogens with one attached hydrogen (secondary N) is 1. The van der Waals surface area contributed by atoms with Crippen molar-refractivity contribution < 1.29 is 9.18 Å². The Bertz CT molecular complexity index is 948. The minimum atomic E-state index is -0.300. The van der Waals surface area contributed by atoms with Crippen molar-refractivity contribution in [2.45, 2.75) is 18.9 Å². The van der Waals surface area contributed by atoms with Gasteiger partial charge < -0.3 is 10.2 Å². The second kappa shape index (κ2) is 6.70. The summed E-state index contributed by atoms with van der Waals surface area (Å²) in [7, 11) is 1.78. The molecule has 7 nitrogen and oxygen atoms in total. The van der Waals surface area contributed by atoms with Crippen molar-refractivity contribution in [2.75, 3.05) is 18.0 Å². The summed E-state index contributed by atoms with van der Waals surface area (Å²) < 4.78 is 15.2. The van der Waals surface area contributed by atoms with E-state index in [-0.39, 0.29) is 17.8 Å². The maximum Gasteiger partial charge on any atom is 0.271 e. The molecular formula is C18H19FN6O. The number of carbonyl (C=O) groups is 1. The average Bonchev–Trinajstić information content (AvgIpc) is 3.08. The largest absolute Gasteiger partial charge is 0.356 e. The minimum Gasteiger partial charge on any atom is -0.356 e. The van der Waals surface area contributed by atoms with Gasteiger partial charge in [0.25, 0.3) is 5.91 Å². The molecule has 1 aliphatic rings. The molecule has 1 aliphatic heterocycles. The van der Waals surface area contributed by atoms with E-state index in [0.29, 0.717) is 11.1 Å². The van der Waals surface area contributed by atoms with Gasteiger partial charge >= 0.3 is 0 Å². The molecule has 1 amide bonds. The third kappa shape index (κ3) is 3.22. The fourth-order valence-corrected chi connectivity index (χ4v) is 3.30. The van der Waals surface area contributed by atoms with Crippen molar-refractivity contribution in [1.82, 2.24) is 25.1 Å². The highest BCUT2D eigenvalue weighted by molar-refractivity contribution is 5.92. The monoisotopic (exact) mass is 354 g/mol. The molecule has 3 aromatic rings. The number of halogens is 1. The normalized spacial score (nSPS) is 15.4. The van der Waals surface area contributed by atoms with Crippen molar-refractivity contribution in [3.8, 4) is 0 Å². The lowest BCUT2D eigenvalue weighted by molar-refractivity contribution is 0.0925. The van der Waals surface area contributed by atoms with E-state index in [9.17, 15) is 9.18 Å². The number of carbonyl (C=O) groups excluding carboxylic acids is 1. The Labute approximate surface area is 149 Å². The zero-order valence-electron chi connectivity index (χ0n) is 14.4. The van der Waals surface area contributed by atoms with E-state index >= 15 is 0 Å². The molecule has 1 N–H and O–H groups in total. The van der Waals surface area contributed by atoms with E-state index in [1.165, 1.54) is 18.5 Å². The first-order valence-corrected chi connectivity index (χ1v) is 8.56. The highest BCUT2D eigenvalue weighted by atomic mass is 19.1. The number of benzene rings is 1. The molecule has 134 valence electrons. The molecule has 2 aromatic heterocycles. The van der Waals surface area contributed by atoms with Gasteiger partial charge in [0, 0.05) is 37.8 Å². The van der Waals surface area contributed by atoms with Crippen LogP contribution in [-0.4, -0.2) is 44.8 Å². The van der Waals surface area contributed by atoms with Crippen LogP contribution >= 0.6 is 0 Å². The molecule has 0 bridgehead atoms. The molecule has 1 saturated heterocycles. The molecule has 0 spiro atoms. The molecular weight excluding hydrogens is 335 g/mol. The van der Waals surface area contributed by atoms with Gasteiger partial charge in [0.1, 0.15) is 23.7 Å². The number of hydrogen-bond acceptors (Lipinski definition) is 5. The zero-order chi connectivity index (χ0) is 18.1. The number of aryl methyl sites for hydroxylation is 1. The second-order valence-electron chi connectivity index (χ2n) is 6.47. The topological polar surface area (TPSA) is 75.9 Å². The van der Waals surface area contributed by atoms with Crippen LogP contribution in [-0.2, 0) is 7.05 Å². The lowest BCUT2D eigenvalue weighted by Crippen LogP contribution is -2.45.